The summed E-state index contributed by atoms with van der Waals surface area (Å²) in [6.45, 7) is 5.83. The van der Waals surface area contributed by atoms with Crippen molar-refractivity contribution in [3.05, 3.63) is 65.5 Å². The number of nitrogens with one attached hydrogen (secondary N) is 1. The largest absolute Gasteiger partial charge is 0.342 e. The molecule has 0 saturated carbocycles. The summed E-state index contributed by atoms with van der Waals surface area (Å²) in [6.07, 6.45) is 1.73. The molecule has 2 rings (SSSR count). The fraction of sp³-hybridized carbons (Fsp3) is 0.250. The van der Waals surface area contributed by atoms with Gasteiger partial charge in [0.25, 0.3) is 5.91 Å². The number of carbonyl (C=O) groups excluding carboxylic acids is 1. The van der Waals surface area contributed by atoms with Gasteiger partial charge in [0.2, 0.25) is 0 Å². The molecule has 98 valence electrons. The third-order valence-electron chi connectivity index (χ3n) is 3.12. The van der Waals surface area contributed by atoms with Crippen LogP contribution in [0.4, 0.5) is 0 Å². The Morgan fingerprint density at radius 2 is 1.79 bits per heavy atom. The second-order valence-electron chi connectivity index (χ2n) is 5.11. The maximum atomic E-state index is 12.3. The highest BCUT2D eigenvalue weighted by atomic mass is 16.1. The smallest absolute Gasteiger partial charge is 0.252 e. The minimum atomic E-state index is -0.499. The molecule has 0 fully saturated rings. The van der Waals surface area contributed by atoms with E-state index in [1.807, 2.05) is 63.2 Å². The van der Waals surface area contributed by atoms with E-state index in [1.54, 1.807) is 6.20 Å². The van der Waals surface area contributed by atoms with Crippen molar-refractivity contribution in [1.82, 2.24) is 10.3 Å². The molecular formula is C16H18N2O. The van der Waals surface area contributed by atoms with Crippen LogP contribution in [0.5, 0.6) is 0 Å². The SMILES string of the molecule is Cc1ccccc1C(=O)NC(C)(C)c1ccccn1. The van der Waals surface area contributed by atoms with E-state index < -0.39 is 5.54 Å². The van der Waals surface area contributed by atoms with Crippen LogP contribution >= 0.6 is 0 Å². The summed E-state index contributed by atoms with van der Waals surface area (Å²) in [5.41, 5.74) is 2.01. The van der Waals surface area contributed by atoms with Crippen LogP contribution in [-0.2, 0) is 5.54 Å². The van der Waals surface area contributed by atoms with Crippen LogP contribution in [0.3, 0.4) is 0 Å². The van der Waals surface area contributed by atoms with E-state index in [2.05, 4.69) is 10.3 Å². The fourth-order valence-electron chi connectivity index (χ4n) is 1.98. The molecule has 0 saturated heterocycles. The Labute approximate surface area is 113 Å². The Morgan fingerprint density at radius 1 is 1.11 bits per heavy atom. The van der Waals surface area contributed by atoms with Crippen molar-refractivity contribution < 1.29 is 4.79 Å². The lowest BCUT2D eigenvalue weighted by Crippen LogP contribution is -2.41. The maximum Gasteiger partial charge on any atom is 0.252 e. The standard InChI is InChI=1S/C16H18N2O/c1-12-8-4-5-9-13(12)15(19)18-16(2,3)14-10-6-7-11-17-14/h4-11H,1-3H3,(H,18,19). The first-order valence-electron chi connectivity index (χ1n) is 6.30. The molecular weight excluding hydrogens is 236 g/mol. The maximum absolute atomic E-state index is 12.3. The highest BCUT2D eigenvalue weighted by Crippen LogP contribution is 2.18. The summed E-state index contributed by atoms with van der Waals surface area (Å²) in [7, 11) is 0. The summed E-state index contributed by atoms with van der Waals surface area (Å²) >= 11 is 0. The molecule has 1 heterocycles. The number of pyridine rings is 1. The summed E-state index contributed by atoms with van der Waals surface area (Å²) in [5, 5.41) is 3.03. The topological polar surface area (TPSA) is 42.0 Å². The third-order valence-corrected chi connectivity index (χ3v) is 3.12. The van der Waals surface area contributed by atoms with Crippen molar-refractivity contribution in [2.45, 2.75) is 26.3 Å². The van der Waals surface area contributed by atoms with E-state index in [4.69, 9.17) is 0 Å². The van der Waals surface area contributed by atoms with Crippen molar-refractivity contribution in [3.63, 3.8) is 0 Å². The van der Waals surface area contributed by atoms with Crippen LogP contribution in [-0.4, -0.2) is 10.9 Å². The molecule has 3 nitrogen and oxygen atoms in total. The number of aryl methyl sites for hydroxylation is 1. The molecule has 1 amide bonds. The van der Waals surface area contributed by atoms with Gasteiger partial charge in [-0.25, -0.2) is 0 Å². The zero-order valence-corrected chi connectivity index (χ0v) is 11.5. The summed E-state index contributed by atoms with van der Waals surface area (Å²) in [6, 6.07) is 13.3. The number of carbonyl (C=O) groups is 1. The summed E-state index contributed by atoms with van der Waals surface area (Å²) < 4.78 is 0. The van der Waals surface area contributed by atoms with E-state index in [0.717, 1.165) is 11.3 Å². The molecule has 0 aliphatic rings. The lowest BCUT2D eigenvalue weighted by molar-refractivity contribution is 0.0909. The summed E-state index contributed by atoms with van der Waals surface area (Å²) in [5.74, 6) is -0.0752. The number of hydrogen-bond donors (Lipinski definition) is 1. The third kappa shape index (κ3) is 2.99. The lowest BCUT2D eigenvalue weighted by Gasteiger charge is -2.26. The van der Waals surface area contributed by atoms with Gasteiger partial charge in [0.1, 0.15) is 0 Å². The number of amides is 1. The van der Waals surface area contributed by atoms with Gasteiger partial charge in [-0.1, -0.05) is 24.3 Å². The molecule has 0 unspecified atom stereocenters. The van der Waals surface area contributed by atoms with E-state index in [1.165, 1.54) is 0 Å². The van der Waals surface area contributed by atoms with Crippen LogP contribution < -0.4 is 5.32 Å². The van der Waals surface area contributed by atoms with Gasteiger partial charge in [0.05, 0.1) is 11.2 Å². The zero-order valence-electron chi connectivity index (χ0n) is 11.5. The Hall–Kier alpha value is -2.16. The Kier molecular flexibility index (Phi) is 3.65. The Morgan fingerprint density at radius 3 is 2.42 bits per heavy atom. The molecule has 0 aliphatic heterocycles. The number of hydrogen-bond acceptors (Lipinski definition) is 2. The Balaban J connectivity index is 2.22. The van der Waals surface area contributed by atoms with Crippen LogP contribution in [0, 0.1) is 6.92 Å². The monoisotopic (exact) mass is 254 g/mol. The van der Waals surface area contributed by atoms with Crippen molar-refractivity contribution in [2.75, 3.05) is 0 Å². The molecule has 1 aromatic heterocycles. The van der Waals surface area contributed by atoms with Gasteiger partial charge >= 0.3 is 0 Å². The molecule has 19 heavy (non-hydrogen) atoms. The van der Waals surface area contributed by atoms with Crippen LogP contribution in [0.25, 0.3) is 0 Å². The molecule has 0 spiro atoms. The van der Waals surface area contributed by atoms with Gasteiger partial charge in [-0.15, -0.1) is 0 Å². The van der Waals surface area contributed by atoms with E-state index >= 15 is 0 Å². The van der Waals surface area contributed by atoms with E-state index in [0.29, 0.717) is 5.56 Å². The van der Waals surface area contributed by atoms with Gasteiger partial charge in [-0.3, -0.25) is 9.78 Å². The first-order chi connectivity index (χ1) is 9.00. The lowest BCUT2D eigenvalue weighted by atomic mass is 9.98. The fourth-order valence-corrected chi connectivity index (χ4v) is 1.98. The molecule has 0 bridgehead atoms. The van der Waals surface area contributed by atoms with Gasteiger partial charge in [0, 0.05) is 11.8 Å². The van der Waals surface area contributed by atoms with Gasteiger partial charge in [0.15, 0.2) is 0 Å². The van der Waals surface area contributed by atoms with Crippen LogP contribution in [0.15, 0.2) is 48.7 Å². The molecule has 2 aromatic rings. The van der Waals surface area contributed by atoms with Crippen molar-refractivity contribution in [2.24, 2.45) is 0 Å². The highest BCUT2D eigenvalue weighted by Gasteiger charge is 2.24. The number of nitrogens with zero attached hydrogens (tertiary/aromatic N) is 1. The van der Waals surface area contributed by atoms with Gasteiger partial charge in [-0.05, 0) is 44.5 Å². The number of aromatic nitrogens is 1. The second kappa shape index (κ2) is 5.22. The molecule has 0 atom stereocenters. The van der Waals surface area contributed by atoms with Crippen molar-refractivity contribution >= 4 is 5.91 Å². The minimum Gasteiger partial charge on any atom is -0.342 e. The predicted octanol–water partition coefficient (Wildman–Crippen LogP) is 3.06. The van der Waals surface area contributed by atoms with Crippen molar-refractivity contribution in [1.29, 1.82) is 0 Å². The highest BCUT2D eigenvalue weighted by molar-refractivity contribution is 5.96. The molecule has 0 radical (unpaired) electrons. The van der Waals surface area contributed by atoms with Crippen LogP contribution in [0.1, 0.15) is 35.5 Å². The molecule has 0 aliphatic carbocycles. The minimum absolute atomic E-state index is 0.0752. The van der Waals surface area contributed by atoms with Crippen LogP contribution in [0.2, 0.25) is 0 Å². The average Bonchev–Trinajstić information content (AvgIpc) is 2.39. The Bertz CT molecular complexity index is 576. The molecule has 1 N–H and O–H groups in total. The summed E-state index contributed by atoms with van der Waals surface area (Å²) in [4.78, 5) is 16.6. The van der Waals surface area contributed by atoms with Gasteiger partial charge in [-0.2, -0.15) is 0 Å². The zero-order chi connectivity index (χ0) is 13.9. The first kappa shape index (κ1) is 13.3. The quantitative estimate of drug-likeness (QED) is 0.914. The van der Waals surface area contributed by atoms with E-state index in [9.17, 15) is 4.79 Å². The first-order valence-corrected chi connectivity index (χ1v) is 6.30. The predicted molar refractivity (Wildman–Crippen MR) is 75.9 cm³/mol. The number of rotatable bonds is 3. The van der Waals surface area contributed by atoms with E-state index in [-0.39, 0.29) is 5.91 Å². The number of benzene rings is 1. The van der Waals surface area contributed by atoms with Gasteiger partial charge < -0.3 is 5.32 Å². The second-order valence-corrected chi connectivity index (χ2v) is 5.11. The average molecular weight is 254 g/mol. The molecule has 3 heteroatoms. The van der Waals surface area contributed by atoms with Crippen molar-refractivity contribution in [3.8, 4) is 0 Å². The molecule has 1 aromatic carbocycles. The normalized spacial score (nSPS) is 11.1.